The minimum atomic E-state index is -4.44. The van der Waals surface area contributed by atoms with Crippen LogP contribution < -0.4 is 5.73 Å². The molecule has 0 aromatic carbocycles. The number of alkyl halides is 3. The van der Waals surface area contributed by atoms with Crippen LogP contribution in [0.3, 0.4) is 0 Å². The first-order chi connectivity index (χ1) is 8.78. The van der Waals surface area contributed by atoms with Gasteiger partial charge in [-0.1, -0.05) is 11.6 Å². The molecule has 1 amide bonds. The second-order valence-electron chi connectivity index (χ2n) is 4.37. The van der Waals surface area contributed by atoms with Crippen molar-refractivity contribution in [1.82, 2.24) is 9.88 Å². The number of amides is 1. The molecule has 0 unspecified atom stereocenters. The number of rotatable bonds is 3. The van der Waals surface area contributed by atoms with Crippen LogP contribution in [0.2, 0.25) is 5.15 Å². The van der Waals surface area contributed by atoms with Crippen molar-refractivity contribution in [2.24, 2.45) is 0 Å². The van der Waals surface area contributed by atoms with Crippen molar-refractivity contribution in [2.45, 2.75) is 25.1 Å². The van der Waals surface area contributed by atoms with Gasteiger partial charge in [0.25, 0.3) is 5.91 Å². The van der Waals surface area contributed by atoms with Crippen LogP contribution in [-0.4, -0.2) is 34.6 Å². The predicted molar refractivity (Wildman–Crippen MR) is 63.8 cm³/mol. The Hall–Kier alpha value is -1.50. The largest absolute Gasteiger partial charge is 0.406 e. The van der Waals surface area contributed by atoms with E-state index < -0.39 is 18.6 Å². The van der Waals surface area contributed by atoms with Gasteiger partial charge in [0.05, 0.1) is 17.4 Å². The number of nitrogen functional groups attached to an aromatic ring is 1. The number of anilines is 1. The number of carbonyl (C=O) groups is 1. The maximum absolute atomic E-state index is 12.5. The van der Waals surface area contributed by atoms with Crippen LogP contribution in [0.5, 0.6) is 0 Å². The first-order valence-corrected chi connectivity index (χ1v) is 5.94. The number of carbonyl (C=O) groups excluding carboxylic acids is 1. The fourth-order valence-electron chi connectivity index (χ4n) is 1.73. The van der Waals surface area contributed by atoms with Gasteiger partial charge in [-0.15, -0.1) is 0 Å². The number of pyridine rings is 1. The molecule has 2 rings (SSSR count). The van der Waals surface area contributed by atoms with E-state index in [4.69, 9.17) is 17.3 Å². The molecular weight excluding hydrogens is 283 g/mol. The quantitative estimate of drug-likeness (QED) is 0.871. The minimum absolute atomic E-state index is 0.0142. The standard InChI is InChI=1S/C11H11ClF3N3O/c12-9-3-7(8(16)4-17-9)10(19)18(6-1-2-6)5-11(13,14)15/h3-4,6H,1-2,5,16H2. The van der Waals surface area contributed by atoms with Gasteiger partial charge < -0.3 is 10.6 Å². The zero-order valence-electron chi connectivity index (χ0n) is 9.75. The molecule has 0 bridgehead atoms. The Labute approximate surface area is 112 Å². The van der Waals surface area contributed by atoms with E-state index in [0.717, 1.165) is 11.1 Å². The summed E-state index contributed by atoms with van der Waals surface area (Å²) in [5.74, 6) is -0.762. The second-order valence-corrected chi connectivity index (χ2v) is 4.76. The number of hydrogen-bond acceptors (Lipinski definition) is 3. The Morgan fingerprint density at radius 1 is 1.53 bits per heavy atom. The van der Waals surface area contributed by atoms with Crippen molar-refractivity contribution >= 4 is 23.2 Å². The SMILES string of the molecule is Nc1cnc(Cl)cc1C(=O)N(CC(F)(F)F)C1CC1. The van der Waals surface area contributed by atoms with Crippen LogP contribution >= 0.6 is 11.6 Å². The lowest BCUT2D eigenvalue weighted by Gasteiger charge is -2.24. The maximum Gasteiger partial charge on any atom is 0.406 e. The molecule has 0 radical (unpaired) electrons. The summed E-state index contributed by atoms with van der Waals surface area (Å²) >= 11 is 5.63. The van der Waals surface area contributed by atoms with Crippen molar-refractivity contribution in [1.29, 1.82) is 0 Å². The van der Waals surface area contributed by atoms with E-state index in [1.54, 1.807) is 0 Å². The number of aromatic nitrogens is 1. The van der Waals surface area contributed by atoms with Gasteiger partial charge in [-0.25, -0.2) is 4.98 Å². The molecule has 0 aliphatic heterocycles. The van der Waals surface area contributed by atoms with Gasteiger partial charge in [-0.3, -0.25) is 4.79 Å². The van der Waals surface area contributed by atoms with Crippen LogP contribution in [0, 0.1) is 0 Å². The number of nitrogens with zero attached hydrogens (tertiary/aromatic N) is 2. The lowest BCUT2D eigenvalue weighted by molar-refractivity contribution is -0.141. The molecule has 8 heteroatoms. The summed E-state index contributed by atoms with van der Waals surface area (Å²) in [6, 6.07) is 0.811. The predicted octanol–water partition coefficient (Wildman–Crippen LogP) is 2.48. The first kappa shape index (κ1) is 13.9. The summed E-state index contributed by atoms with van der Waals surface area (Å²) in [5, 5.41) is 0.0142. The summed E-state index contributed by atoms with van der Waals surface area (Å²) in [6.45, 7) is -1.28. The van der Waals surface area contributed by atoms with Crippen LogP contribution in [0.1, 0.15) is 23.2 Å². The van der Waals surface area contributed by atoms with E-state index in [-0.39, 0.29) is 22.4 Å². The van der Waals surface area contributed by atoms with Gasteiger partial charge in [0.2, 0.25) is 0 Å². The second kappa shape index (κ2) is 4.88. The van der Waals surface area contributed by atoms with Crippen LogP contribution in [0.15, 0.2) is 12.3 Å². The third-order valence-corrected chi connectivity index (χ3v) is 2.94. The third-order valence-electron chi connectivity index (χ3n) is 2.73. The first-order valence-electron chi connectivity index (χ1n) is 5.56. The Morgan fingerprint density at radius 3 is 2.68 bits per heavy atom. The van der Waals surface area contributed by atoms with E-state index in [1.807, 2.05) is 0 Å². The van der Waals surface area contributed by atoms with E-state index in [0.29, 0.717) is 12.8 Å². The normalized spacial score (nSPS) is 15.4. The molecule has 1 heterocycles. The van der Waals surface area contributed by atoms with Gasteiger partial charge >= 0.3 is 6.18 Å². The molecule has 1 fully saturated rings. The Bertz CT molecular complexity index is 502. The fraction of sp³-hybridized carbons (Fsp3) is 0.455. The average Bonchev–Trinajstić information content (AvgIpc) is 3.11. The molecule has 1 saturated carbocycles. The molecule has 1 aliphatic carbocycles. The highest BCUT2D eigenvalue weighted by atomic mass is 35.5. The molecule has 19 heavy (non-hydrogen) atoms. The molecule has 0 saturated heterocycles. The maximum atomic E-state index is 12.5. The van der Waals surface area contributed by atoms with Gasteiger partial charge in [0, 0.05) is 6.04 Å². The van der Waals surface area contributed by atoms with Crippen LogP contribution in [0.4, 0.5) is 18.9 Å². The lowest BCUT2D eigenvalue weighted by atomic mass is 10.2. The molecular formula is C11H11ClF3N3O. The molecule has 1 aromatic rings. The van der Waals surface area contributed by atoms with Gasteiger partial charge in [-0.2, -0.15) is 13.2 Å². The molecule has 1 aliphatic rings. The zero-order valence-corrected chi connectivity index (χ0v) is 10.5. The molecule has 0 spiro atoms. The molecule has 1 aromatic heterocycles. The Kier molecular flexibility index (Phi) is 3.58. The summed E-state index contributed by atoms with van der Waals surface area (Å²) in [5.41, 5.74) is 5.53. The summed E-state index contributed by atoms with van der Waals surface area (Å²) in [4.78, 5) is 16.6. The lowest BCUT2D eigenvalue weighted by Crippen LogP contribution is -2.40. The molecule has 0 atom stereocenters. The summed E-state index contributed by atoms with van der Waals surface area (Å²) in [6.07, 6.45) is -2.14. The summed E-state index contributed by atoms with van der Waals surface area (Å²) in [7, 11) is 0. The van der Waals surface area contributed by atoms with Crippen molar-refractivity contribution < 1.29 is 18.0 Å². The number of halogens is 4. The van der Waals surface area contributed by atoms with Gasteiger partial charge in [0.1, 0.15) is 11.7 Å². The molecule has 2 N–H and O–H groups in total. The fourth-order valence-corrected chi connectivity index (χ4v) is 1.88. The molecule has 4 nitrogen and oxygen atoms in total. The highest BCUT2D eigenvalue weighted by Crippen LogP contribution is 2.32. The van der Waals surface area contributed by atoms with Gasteiger partial charge in [-0.05, 0) is 18.9 Å². The Morgan fingerprint density at radius 2 is 2.16 bits per heavy atom. The topological polar surface area (TPSA) is 59.2 Å². The van der Waals surface area contributed by atoms with Crippen molar-refractivity contribution in [3.05, 3.63) is 23.0 Å². The summed E-state index contributed by atoms with van der Waals surface area (Å²) < 4.78 is 37.5. The highest BCUT2D eigenvalue weighted by molar-refractivity contribution is 6.29. The van der Waals surface area contributed by atoms with E-state index in [1.165, 1.54) is 6.07 Å². The molecule has 104 valence electrons. The zero-order chi connectivity index (χ0) is 14.2. The van der Waals surface area contributed by atoms with Crippen LogP contribution in [0.25, 0.3) is 0 Å². The Balaban J connectivity index is 2.26. The number of nitrogens with two attached hydrogens (primary N) is 1. The number of hydrogen-bond donors (Lipinski definition) is 1. The third kappa shape index (κ3) is 3.50. The highest BCUT2D eigenvalue weighted by Gasteiger charge is 2.41. The monoisotopic (exact) mass is 293 g/mol. The van der Waals surface area contributed by atoms with E-state index in [2.05, 4.69) is 4.98 Å². The average molecular weight is 294 g/mol. The van der Waals surface area contributed by atoms with Crippen molar-refractivity contribution in [2.75, 3.05) is 12.3 Å². The van der Waals surface area contributed by atoms with Crippen LogP contribution in [-0.2, 0) is 0 Å². The van der Waals surface area contributed by atoms with Crippen molar-refractivity contribution in [3.8, 4) is 0 Å². The van der Waals surface area contributed by atoms with Crippen molar-refractivity contribution in [3.63, 3.8) is 0 Å². The van der Waals surface area contributed by atoms with Gasteiger partial charge in [0.15, 0.2) is 0 Å². The van der Waals surface area contributed by atoms with E-state index >= 15 is 0 Å². The van der Waals surface area contributed by atoms with E-state index in [9.17, 15) is 18.0 Å². The smallest absolute Gasteiger partial charge is 0.397 e. The minimum Gasteiger partial charge on any atom is -0.397 e.